The fourth-order valence-electron chi connectivity index (χ4n) is 4.27. The minimum Gasteiger partial charge on any atom is -0.504 e. The molecular weight excluding hydrogens is 652 g/mol. The van der Waals surface area contributed by atoms with Gasteiger partial charge in [-0.25, -0.2) is 0 Å². The molecular formula is C32H26IrN2OP. The molecule has 3 nitrogen and oxygen atoms in total. The molecule has 0 aliphatic carbocycles. The Kier molecular flexibility index (Phi) is 8.79. The standard InChI is InChI=1S/C18H14OP.C14H12N2.Ir/c19-20(16-10-4-1-5-11-16,17-12-6-2-7-13-17)18-14-8-3-9-15-18;1-15-11-16(12-7-3-2-4-8-12)14-10-6-5-9-13(14)15;/h1-14H;2-7,9-11H,1H3;/q-1;-2;+3. The summed E-state index contributed by atoms with van der Waals surface area (Å²) in [6.07, 6.45) is 0. The molecule has 5 aromatic rings. The zero-order chi connectivity index (χ0) is 24.8. The van der Waals surface area contributed by atoms with E-state index in [4.69, 9.17) is 0 Å². The normalized spacial score (nSPS) is 12.1. The summed E-state index contributed by atoms with van der Waals surface area (Å²) in [6.45, 7) is 2.08. The summed E-state index contributed by atoms with van der Waals surface area (Å²) in [6, 6.07) is 49.5. The maximum Gasteiger partial charge on any atom is 3.00 e. The number of anilines is 3. The molecule has 0 radical (unpaired) electrons. The summed E-state index contributed by atoms with van der Waals surface area (Å²) < 4.78 is 13.8. The van der Waals surface area contributed by atoms with E-state index in [2.05, 4.69) is 66.0 Å². The number of benzene rings is 5. The Morgan fingerprint density at radius 3 is 1.68 bits per heavy atom. The van der Waals surface area contributed by atoms with Gasteiger partial charge in [-0.15, -0.1) is 5.69 Å². The monoisotopic (exact) mass is 678 g/mol. The Hall–Kier alpha value is -3.42. The van der Waals surface area contributed by atoms with Crippen molar-refractivity contribution in [3.05, 3.63) is 152 Å². The van der Waals surface area contributed by atoms with Crippen LogP contribution < -0.4 is 25.7 Å². The third kappa shape index (κ3) is 5.63. The van der Waals surface area contributed by atoms with Crippen molar-refractivity contribution in [2.45, 2.75) is 0 Å². The molecule has 0 saturated heterocycles. The molecule has 37 heavy (non-hydrogen) atoms. The van der Waals surface area contributed by atoms with E-state index in [-0.39, 0.29) is 20.1 Å². The number of hydrogen-bond acceptors (Lipinski definition) is 3. The van der Waals surface area contributed by atoms with Crippen LogP contribution in [0.3, 0.4) is 0 Å². The molecule has 184 valence electrons. The molecule has 0 unspecified atom stereocenters. The Morgan fingerprint density at radius 2 is 1.14 bits per heavy atom. The van der Waals surface area contributed by atoms with Crippen LogP contribution in [-0.2, 0) is 24.7 Å². The second-order valence-electron chi connectivity index (χ2n) is 8.36. The second kappa shape index (κ2) is 12.2. The van der Waals surface area contributed by atoms with Crippen LogP contribution in [-0.4, -0.2) is 7.05 Å². The average molecular weight is 678 g/mol. The van der Waals surface area contributed by atoms with Gasteiger partial charge in [-0.3, -0.25) is 0 Å². The van der Waals surface area contributed by atoms with Gasteiger partial charge in [0.2, 0.25) is 0 Å². The molecule has 5 aromatic carbocycles. The van der Waals surface area contributed by atoms with Crippen LogP contribution in [0.1, 0.15) is 0 Å². The first-order valence-electron chi connectivity index (χ1n) is 11.8. The van der Waals surface area contributed by atoms with E-state index in [0.717, 1.165) is 21.6 Å². The Bertz CT molecular complexity index is 1340. The van der Waals surface area contributed by atoms with E-state index in [0.29, 0.717) is 0 Å². The molecule has 0 bridgehead atoms. The molecule has 0 amide bonds. The van der Waals surface area contributed by atoms with Crippen molar-refractivity contribution in [1.82, 2.24) is 0 Å². The predicted octanol–water partition coefficient (Wildman–Crippen LogP) is 6.32. The van der Waals surface area contributed by atoms with Crippen molar-refractivity contribution in [2.24, 2.45) is 0 Å². The summed E-state index contributed by atoms with van der Waals surface area (Å²) in [5.41, 5.74) is 3.49. The van der Waals surface area contributed by atoms with Gasteiger partial charge in [-0.05, 0) is 19.2 Å². The molecule has 0 aromatic heterocycles. The third-order valence-electron chi connectivity index (χ3n) is 6.03. The Morgan fingerprint density at radius 1 is 0.622 bits per heavy atom. The summed E-state index contributed by atoms with van der Waals surface area (Å²) in [7, 11) is -0.775. The number of fused-ring (bicyclic) bond motifs is 1. The van der Waals surface area contributed by atoms with Gasteiger partial charge in [-0.2, -0.15) is 67.3 Å². The van der Waals surface area contributed by atoms with E-state index in [1.165, 1.54) is 11.4 Å². The first-order chi connectivity index (χ1) is 17.7. The SMILES string of the molecule is CN1[CH-]N(c2[c-]cccc2)c2ccccc21.O=P(c1[c-]cccc1)(c1ccccc1)c1ccccc1.[Ir+3]. The van der Waals surface area contributed by atoms with Crippen molar-refractivity contribution in [1.29, 1.82) is 0 Å². The van der Waals surface area contributed by atoms with Gasteiger partial charge < -0.3 is 14.4 Å². The topological polar surface area (TPSA) is 23.6 Å². The van der Waals surface area contributed by atoms with Crippen LogP contribution in [0.15, 0.2) is 133 Å². The summed E-state index contributed by atoms with van der Waals surface area (Å²) in [4.78, 5) is 4.27. The fourth-order valence-corrected chi connectivity index (χ4v) is 6.86. The van der Waals surface area contributed by atoms with Crippen LogP contribution in [0.2, 0.25) is 0 Å². The summed E-state index contributed by atoms with van der Waals surface area (Å²) in [5, 5.41) is 2.43. The van der Waals surface area contributed by atoms with Gasteiger partial charge in [0.25, 0.3) is 0 Å². The van der Waals surface area contributed by atoms with Gasteiger partial charge in [-0.1, -0.05) is 78.1 Å². The van der Waals surface area contributed by atoms with Crippen LogP contribution in [0.4, 0.5) is 17.1 Å². The van der Waals surface area contributed by atoms with Crippen LogP contribution in [0.5, 0.6) is 0 Å². The van der Waals surface area contributed by atoms with Crippen LogP contribution in [0, 0.1) is 18.8 Å². The maximum absolute atomic E-state index is 13.8. The van der Waals surface area contributed by atoms with Crippen LogP contribution >= 0.6 is 7.14 Å². The Balaban J connectivity index is 0.000000172. The van der Waals surface area contributed by atoms with Crippen molar-refractivity contribution < 1.29 is 24.7 Å². The van der Waals surface area contributed by atoms with E-state index in [9.17, 15) is 4.57 Å². The molecule has 0 saturated carbocycles. The molecule has 6 rings (SSSR count). The number of rotatable bonds is 4. The minimum absolute atomic E-state index is 0. The quantitative estimate of drug-likeness (QED) is 0.165. The van der Waals surface area contributed by atoms with Crippen LogP contribution in [0.25, 0.3) is 0 Å². The van der Waals surface area contributed by atoms with Gasteiger partial charge >= 0.3 is 20.1 Å². The van der Waals surface area contributed by atoms with Crippen molar-refractivity contribution in [3.8, 4) is 0 Å². The average Bonchev–Trinajstić information content (AvgIpc) is 3.31. The summed E-state index contributed by atoms with van der Waals surface area (Å²) >= 11 is 0. The molecule has 0 fully saturated rings. The fraction of sp³-hybridized carbons (Fsp3) is 0.0312. The molecule has 1 aliphatic heterocycles. The van der Waals surface area contributed by atoms with E-state index in [1.54, 1.807) is 0 Å². The van der Waals surface area contributed by atoms with Gasteiger partial charge in [0, 0.05) is 22.0 Å². The maximum atomic E-state index is 13.8. The van der Waals surface area contributed by atoms with Crippen molar-refractivity contribution in [2.75, 3.05) is 16.8 Å². The molecule has 1 aliphatic rings. The van der Waals surface area contributed by atoms with Gasteiger partial charge in [0.1, 0.15) is 7.14 Å². The smallest absolute Gasteiger partial charge is 0.504 e. The first-order valence-corrected chi connectivity index (χ1v) is 13.5. The number of hydrogen-bond donors (Lipinski definition) is 0. The zero-order valence-electron chi connectivity index (χ0n) is 20.4. The van der Waals surface area contributed by atoms with Crippen molar-refractivity contribution in [3.63, 3.8) is 0 Å². The van der Waals surface area contributed by atoms with E-state index in [1.807, 2.05) is 103 Å². The molecule has 5 heteroatoms. The third-order valence-corrected chi connectivity index (χ3v) is 9.04. The van der Waals surface area contributed by atoms with E-state index < -0.39 is 7.14 Å². The van der Waals surface area contributed by atoms with Crippen molar-refractivity contribution >= 4 is 40.1 Å². The largest absolute Gasteiger partial charge is 3.00 e. The minimum atomic E-state index is -2.83. The molecule has 0 atom stereocenters. The molecule has 0 spiro atoms. The predicted molar refractivity (Wildman–Crippen MR) is 151 cm³/mol. The summed E-state index contributed by atoms with van der Waals surface area (Å²) in [5.74, 6) is 0. The van der Waals surface area contributed by atoms with E-state index >= 15 is 0 Å². The molecule has 1 heterocycles. The number of nitrogens with zero attached hydrogens (tertiary/aromatic N) is 2. The second-order valence-corrected chi connectivity index (χ2v) is 11.1. The molecule has 0 N–H and O–H groups in total. The van der Waals surface area contributed by atoms with Gasteiger partial charge in [0.15, 0.2) is 0 Å². The van der Waals surface area contributed by atoms with Gasteiger partial charge in [0.05, 0.1) is 0 Å². The Labute approximate surface area is 233 Å². The zero-order valence-corrected chi connectivity index (χ0v) is 23.7. The first kappa shape index (κ1) is 26.6. The number of para-hydroxylation sites is 3.